The number of aryl methyl sites for hydroxylation is 1. The van der Waals surface area contributed by atoms with Crippen LogP contribution in [0.5, 0.6) is 0 Å². The molecule has 1 aromatic rings. The predicted molar refractivity (Wildman–Crippen MR) is 84.5 cm³/mol. The van der Waals surface area contributed by atoms with E-state index >= 15 is 0 Å². The van der Waals surface area contributed by atoms with Gasteiger partial charge in [-0.05, 0) is 37.5 Å². The van der Waals surface area contributed by atoms with E-state index < -0.39 is 9.84 Å². The van der Waals surface area contributed by atoms with Gasteiger partial charge in [-0.1, -0.05) is 6.07 Å². The Kier molecular flexibility index (Phi) is 4.56. The lowest BCUT2D eigenvalue weighted by atomic mass is 10.1. The van der Waals surface area contributed by atoms with Crippen LogP contribution >= 0.6 is 0 Å². The van der Waals surface area contributed by atoms with Crippen molar-refractivity contribution in [2.75, 3.05) is 30.9 Å². The molecule has 0 aliphatic carbocycles. The van der Waals surface area contributed by atoms with Crippen LogP contribution in [0.15, 0.2) is 18.2 Å². The molecule has 1 saturated heterocycles. The summed E-state index contributed by atoms with van der Waals surface area (Å²) in [5, 5.41) is 3.39. The molecule has 1 aliphatic heterocycles. The molecular formula is C15H22N2O3S. The number of rotatable bonds is 3. The second-order valence-corrected chi connectivity index (χ2v) is 8.10. The Hall–Kier alpha value is -1.56. The lowest BCUT2D eigenvalue weighted by Gasteiger charge is -2.25. The highest BCUT2D eigenvalue weighted by Crippen LogP contribution is 2.22. The SMILES string of the molecule is Cc1ccc(C(=O)N(C)C)cc1NC1CCS(=O)(=O)CC1. The van der Waals surface area contributed by atoms with Crippen molar-refractivity contribution >= 4 is 21.4 Å². The zero-order chi connectivity index (χ0) is 15.6. The van der Waals surface area contributed by atoms with Gasteiger partial charge in [-0.15, -0.1) is 0 Å². The number of sulfone groups is 1. The summed E-state index contributed by atoms with van der Waals surface area (Å²) < 4.78 is 22.9. The molecule has 0 spiro atoms. The minimum absolute atomic E-state index is 0.0377. The van der Waals surface area contributed by atoms with Gasteiger partial charge in [0.2, 0.25) is 0 Å². The van der Waals surface area contributed by atoms with E-state index in [-0.39, 0.29) is 23.5 Å². The maximum absolute atomic E-state index is 12.0. The van der Waals surface area contributed by atoms with E-state index in [0.717, 1.165) is 11.3 Å². The van der Waals surface area contributed by atoms with Gasteiger partial charge in [0.15, 0.2) is 0 Å². The zero-order valence-corrected chi connectivity index (χ0v) is 13.5. The number of anilines is 1. The topological polar surface area (TPSA) is 66.5 Å². The lowest BCUT2D eigenvalue weighted by Crippen LogP contribution is -2.32. The number of carbonyl (C=O) groups excluding carboxylic acids is 1. The van der Waals surface area contributed by atoms with Gasteiger partial charge in [0, 0.05) is 31.4 Å². The van der Waals surface area contributed by atoms with Crippen LogP contribution in [0.1, 0.15) is 28.8 Å². The molecule has 1 amide bonds. The van der Waals surface area contributed by atoms with Crippen molar-refractivity contribution in [3.05, 3.63) is 29.3 Å². The van der Waals surface area contributed by atoms with Crippen LogP contribution in [0.2, 0.25) is 0 Å². The van der Waals surface area contributed by atoms with E-state index in [2.05, 4.69) is 5.32 Å². The number of amides is 1. The van der Waals surface area contributed by atoms with Crippen LogP contribution < -0.4 is 5.32 Å². The summed E-state index contributed by atoms with van der Waals surface area (Å²) in [7, 11) is 0.595. The summed E-state index contributed by atoms with van der Waals surface area (Å²) in [5.41, 5.74) is 2.60. The standard InChI is InChI=1S/C15H22N2O3S/c1-11-4-5-12(15(18)17(2)3)10-14(11)16-13-6-8-21(19,20)9-7-13/h4-5,10,13,16H,6-9H2,1-3H3. The third-order valence-corrected chi connectivity index (χ3v) is 5.52. The molecule has 1 aromatic carbocycles. The highest BCUT2D eigenvalue weighted by Gasteiger charge is 2.23. The monoisotopic (exact) mass is 310 g/mol. The van der Waals surface area contributed by atoms with Gasteiger partial charge in [-0.3, -0.25) is 4.79 Å². The first-order valence-corrected chi connectivity index (χ1v) is 8.90. The molecule has 116 valence electrons. The van der Waals surface area contributed by atoms with Crippen molar-refractivity contribution < 1.29 is 13.2 Å². The predicted octanol–water partition coefficient (Wildman–Crippen LogP) is 1.69. The Bertz CT molecular complexity index is 624. The van der Waals surface area contributed by atoms with E-state index in [9.17, 15) is 13.2 Å². The first kappa shape index (κ1) is 15.8. The number of benzene rings is 1. The number of nitrogens with one attached hydrogen (secondary N) is 1. The fourth-order valence-electron chi connectivity index (χ4n) is 2.42. The molecular weight excluding hydrogens is 288 g/mol. The van der Waals surface area contributed by atoms with Crippen LogP contribution in [0.3, 0.4) is 0 Å². The molecule has 0 bridgehead atoms. The molecule has 6 heteroatoms. The maximum Gasteiger partial charge on any atom is 0.253 e. The Balaban J connectivity index is 2.13. The van der Waals surface area contributed by atoms with Gasteiger partial charge in [-0.25, -0.2) is 8.42 Å². The van der Waals surface area contributed by atoms with Crippen molar-refractivity contribution in [1.82, 2.24) is 4.90 Å². The van der Waals surface area contributed by atoms with E-state index in [0.29, 0.717) is 18.4 Å². The van der Waals surface area contributed by atoms with Gasteiger partial charge in [0.05, 0.1) is 11.5 Å². The van der Waals surface area contributed by atoms with Crippen LogP contribution in [0, 0.1) is 6.92 Å². The summed E-state index contributed by atoms with van der Waals surface area (Å²) in [6, 6.07) is 5.73. The second kappa shape index (κ2) is 6.05. The number of hydrogen-bond acceptors (Lipinski definition) is 4. The van der Waals surface area contributed by atoms with Crippen LogP contribution in [-0.4, -0.2) is 50.9 Å². The first-order chi connectivity index (χ1) is 9.78. The third kappa shape index (κ3) is 3.97. The van der Waals surface area contributed by atoms with Crippen molar-refractivity contribution in [2.24, 2.45) is 0 Å². The van der Waals surface area contributed by atoms with Crippen molar-refractivity contribution in [2.45, 2.75) is 25.8 Å². The average Bonchev–Trinajstić information content (AvgIpc) is 2.42. The smallest absolute Gasteiger partial charge is 0.253 e. The summed E-state index contributed by atoms with van der Waals surface area (Å²) in [5.74, 6) is 0.435. The van der Waals surface area contributed by atoms with Gasteiger partial charge in [0.1, 0.15) is 9.84 Å². The van der Waals surface area contributed by atoms with Crippen LogP contribution in [0.25, 0.3) is 0 Å². The highest BCUT2D eigenvalue weighted by atomic mass is 32.2. The molecule has 1 aliphatic rings. The Morgan fingerprint density at radius 1 is 1.24 bits per heavy atom. The van der Waals surface area contributed by atoms with E-state index in [1.807, 2.05) is 25.1 Å². The molecule has 0 radical (unpaired) electrons. The van der Waals surface area contributed by atoms with Gasteiger partial charge in [0.25, 0.3) is 5.91 Å². The molecule has 1 fully saturated rings. The minimum atomic E-state index is -2.85. The summed E-state index contributed by atoms with van der Waals surface area (Å²) in [6.45, 7) is 1.98. The van der Waals surface area contributed by atoms with E-state index in [1.165, 1.54) is 0 Å². The fourth-order valence-corrected chi connectivity index (χ4v) is 3.91. The molecule has 0 saturated carbocycles. The molecule has 2 rings (SSSR count). The van der Waals surface area contributed by atoms with Crippen molar-refractivity contribution in [3.63, 3.8) is 0 Å². The number of nitrogens with zero attached hydrogens (tertiary/aromatic N) is 1. The average molecular weight is 310 g/mol. The molecule has 5 nitrogen and oxygen atoms in total. The molecule has 21 heavy (non-hydrogen) atoms. The first-order valence-electron chi connectivity index (χ1n) is 7.08. The summed E-state index contributed by atoms with van der Waals surface area (Å²) >= 11 is 0. The highest BCUT2D eigenvalue weighted by molar-refractivity contribution is 7.91. The molecule has 0 atom stereocenters. The van der Waals surface area contributed by atoms with Crippen LogP contribution in [-0.2, 0) is 9.84 Å². The normalized spacial score (nSPS) is 18.2. The van der Waals surface area contributed by atoms with Gasteiger partial charge < -0.3 is 10.2 Å². The fraction of sp³-hybridized carbons (Fsp3) is 0.533. The molecule has 0 unspecified atom stereocenters. The van der Waals surface area contributed by atoms with E-state index in [4.69, 9.17) is 0 Å². The quantitative estimate of drug-likeness (QED) is 0.922. The number of carbonyl (C=O) groups is 1. The molecule has 1 N–H and O–H groups in total. The zero-order valence-electron chi connectivity index (χ0n) is 12.7. The van der Waals surface area contributed by atoms with Crippen molar-refractivity contribution in [1.29, 1.82) is 0 Å². The van der Waals surface area contributed by atoms with Gasteiger partial charge in [-0.2, -0.15) is 0 Å². The largest absolute Gasteiger partial charge is 0.382 e. The van der Waals surface area contributed by atoms with Gasteiger partial charge >= 0.3 is 0 Å². The molecule has 1 heterocycles. The lowest BCUT2D eigenvalue weighted by molar-refractivity contribution is 0.0827. The number of hydrogen-bond donors (Lipinski definition) is 1. The third-order valence-electron chi connectivity index (χ3n) is 3.80. The van der Waals surface area contributed by atoms with Crippen molar-refractivity contribution in [3.8, 4) is 0 Å². The Labute approximate surface area is 126 Å². The summed E-state index contributed by atoms with van der Waals surface area (Å²) in [6.07, 6.45) is 1.24. The van der Waals surface area contributed by atoms with Crippen LogP contribution in [0.4, 0.5) is 5.69 Å². The second-order valence-electron chi connectivity index (χ2n) is 5.80. The Morgan fingerprint density at radius 3 is 2.43 bits per heavy atom. The van der Waals surface area contributed by atoms with E-state index in [1.54, 1.807) is 19.0 Å². The summed E-state index contributed by atoms with van der Waals surface area (Å²) in [4.78, 5) is 13.5. The molecule has 0 aromatic heterocycles. The minimum Gasteiger partial charge on any atom is -0.382 e. The maximum atomic E-state index is 12.0. The Morgan fingerprint density at radius 2 is 1.86 bits per heavy atom.